The summed E-state index contributed by atoms with van der Waals surface area (Å²) in [6, 6.07) is 2.75. The van der Waals surface area contributed by atoms with Gasteiger partial charge in [-0.3, -0.25) is 14.9 Å². The largest absolute Gasteiger partial charge is 0.477 e. The Bertz CT molecular complexity index is 1290. The van der Waals surface area contributed by atoms with E-state index in [-0.39, 0.29) is 40.2 Å². The number of rotatable bonds is 4. The summed E-state index contributed by atoms with van der Waals surface area (Å²) >= 11 is 1.23. The number of aromatic carboxylic acids is 1. The Hall–Kier alpha value is -3.28. The second kappa shape index (κ2) is 7.11. The zero-order chi connectivity index (χ0) is 23.8. The number of fused-ring (bicyclic) bond motifs is 4. The fraction of sp³-hybridized carbons (Fsp3) is 0.476. The number of hydrogen-bond acceptors (Lipinski definition) is 8. The predicted molar refractivity (Wildman–Crippen MR) is 120 cm³/mol. The van der Waals surface area contributed by atoms with Crippen LogP contribution < -0.4 is 15.6 Å². The van der Waals surface area contributed by atoms with E-state index >= 15 is 0 Å². The topological polar surface area (TPSA) is 144 Å². The summed E-state index contributed by atoms with van der Waals surface area (Å²) in [4.78, 5) is 49.8. The van der Waals surface area contributed by atoms with Gasteiger partial charge in [-0.05, 0) is 26.8 Å². The molecule has 1 aliphatic carbocycles. The Labute approximate surface area is 191 Å². The Morgan fingerprint density at radius 2 is 1.94 bits per heavy atom. The number of carbonyl (C=O) groups is 2. The van der Waals surface area contributed by atoms with Gasteiger partial charge >= 0.3 is 12.1 Å². The number of hydrogen-bond donors (Lipinski definition) is 2. The van der Waals surface area contributed by atoms with Gasteiger partial charge in [0.05, 0.1) is 21.3 Å². The van der Waals surface area contributed by atoms with Crippen molar-refractivity contribution in [1.82, 2.24) is 9.88 Å². The van der Waals surface area contributed by atoms with Crippen LogP contribution in [0.1, 0.15) is 31.1 Å². The molecule has 2 aromatic rings. The van der Waals surface area contributed by atoms with Gasteiger partial charge in [-0.15, -0.1) is 0 Å². The average Bonchev–Trinajstić information content (AvgIpc) is 3.10. The number of carbonyl (C=O) groups excluding carboxylic acids is 1. The van der Waals surface area contributed by atoms with E-state index in [9.17, 15) is 29.6 Å². The van der Waals surface area contributed by atoms with Crippen molar-refractivity contribution in [2.24, 2.45) is 11.8 Å². The summed E-state index contributed by atoms with van der Waals surface area (Å²) in [7, 11) is 0. The van der Waals surface area contributed by atoms with Gasteiger partial charge in [0.1, 0.15) is 16.9 Å². The molecule has 2 atom stereocenters. The Kier molecular flexibility index (Phi) is 4.64. The van der Waals surface area contributed by atoms with E-state index in [4.69, 9.17) is 4.74 Å². The SMILES string of the molecule is CC(C)(C)OC(=O)NC1C2CN(c3cc4c(=O)c(C(=O)O)c5n(c4cc3[N+](=O)[O-])CS5)CC21. The highest BCUT2D eigenvalue weighted by atomic mass is 32.2. The average molecular weight is 474 g/mol. The van der Waals surface area contributed by atoms with E-state index in [2.05, 4.69) is 5.32 Å². The van der Waals surface area contributed by atoms with E-state index in [1.807, 2.05) is 4.90 Å². The van der Waals surface area contributed by atoms with E-state index in [0.717, 1.165) is 0 Å². The minimum Gasteiger partial charge on any atom is -0.477 e. The van der Waals surface area contributed by atoms with Crippen LogP contribution in [0.4, 0.5) is 16.2 Å². The van der Waals surface area contributed by atoms with Crippen molar-refractivity contribution in [3.8, 4) is 0 Å². The number of pyridine rings is 1. The van der Waals surface area contributed by atoms with E-state index in [1.54, 1.807) is 25.3 Å². The maximum Gasteiger partial charge on any atom is 0.407 e. The van der Waals surface area contributed by atoms with E-state index in [1.165, 1.54) is 23.9 Å². The lowest BCUT2D eigenvalue weighted by Crippen LogP contribution is -2.38. The zero-order valence-electron chi connectivity index (χ0n) is 18.2. The lowest BCUT2D eigenvalue weighted by atomic mass is 10.1. The summed E-state index contributed by atoms with van der Waals surface area (Å²) in [5, 5.41) is 24.7. The van der Waals surface area contributed by atoms with Gasteiger partial charge in [-0.25, -0.2) is 9.59 Å². The molecule has 11 nitrogen and oxygen atoms in total. The highest BCUT2D eigenvalue weighted by molar-refractivity contribution is 7.99. The van der Waals surface area contributed by atoms with Crippen LogP contribution in [0.2, 0.25) is 0 Å². The molecule has 12 heteroatoms. The van der Waals surface area contributed by atoms with Gasteiger partial charge in [-0.2, -0.15) is 0 Å². The van der Waals surface area contributed by atoms with E-state index < -0.39 is 28.0 Å². The molecule has 3 aliphatic rings. The van der Waals surface area contributed by atoms with Crippen LogP contribution in [-0.4, -0.2) is 51.4 Å². The van der Waals surface area contributed by atoms with Crippen molar-refractivity contribution < 1.29 is 24.4 Å². The number of ether oxygens (including phenoxy) is 1. The molecule has 33 heavy (non-hydrogen) atoms. The van der Waals surface area contributed by atoms with Crippen molar-refractivity contribution in [3.63, 3.8) is 0 Å². The van der Waals surface area contributed by atoms with Crippen LogP contribution in [0.15, 0.2) is 22.0 Å². The molecule has 2 fully saturated rings. The first kappa shape index (κ1) is 21.6. The Morgan fingerprint density at radius 3 is 2.45 bits per heavy atom. The molecule has 1 saturated carbocycles. The van der Waals surface area contributed by atoms with Crippen LogP contribution in [0.3, 0.4) is 0 Å². The van der Waals surface area contributed by atoms with Gasteiger partial charge in [0.25, 0.3) is 5.69 Å². The quantitative estimate of drug-likeness (QED) is 0.505. The highest BCUT2D eigenvalue weighted by Gasteiger charge is 2.57. The lowest BCUT2D eigenvalue weighted by Gasteiger charge is -2.27. The normalized spacial score (nSPS) is 22.9. The fourth-order valence-corrected chi connectivity index (χ4v) is 5.70. The first-order chi connectivity index (χ1) is 15.5. The number of anilines is 1. The summed E-state index contributed by atoms with van der Waals surface area (Å²) in [6.07, 6.45) is -0.491. The number of benzene rings is 1. The fourth-order valence-electron chi connectivity index (χ4n) is 4.75. The minimum atomic E-state index is -1.31. The third kappa shape index (κ3) is 3.48. The first-order valence-corrected chi connectivity index (χ1v) is 11.4. The summed E-state index contributed by atoms with van der Waals surface area (Å²) in [5.41, 5.74) is -1.02. The number of carboxylic acids is 1. The molecule has 1 amide bonds. The second-order valence-corrected chi connectivity index (χ2v) is 10.5. The molecule has 1 aromatic carbocycles. The minimum absolute atomic E-state index is 0.0587. The van der Waals surface area contributed by atoms with Gasteiger partial charge < -0.3 is 24.6 Å². The second-order valence-electron chi connectivity index (χ2n) is 9.54. The number of nitrogens with one attached hydrogen (secondary N) is 1. The molecule has 2 aliphatic heterocycles. The maximum atomic E-state index is 12.9. The van der Waals surface area contributed by atoms with Crippen molar-refractivity contribution in [2.45, 2.75) is 43.3 Å². The molecule has 174 valence electrons. The number of carboxylic acid groups (broad SMARTS) is 1. The standard InChI is InChI=1S/C21H22N4O7S/c1-21(2,3)32-20(29)22-16-10-6-23(7-11(10)16)13-4-9-12(5-14(13)25(30)31)24-8-33-18(24)15(17(9)26)19(27)28/h4-5,10-11,16H,6-8H2,1-3H3,(H,22,29)(H,27,28). The van der Waals surface area contributed by atoms with Crippen LogP contribution in [0.5, 0.6) is 0 Å². The van der Waals surface area contributed by atoms with Crippen LogP contribution in [-0.2, 0) is 10.6 Å². The number of aromatic nitrogens is 1. The number of nitrogens with zero attached hydrogens (tertiary/aromatic N) is 3. The lowest BCUT2D eigenvalue weighted by molar-refractivity contribution is -0.384. The summed E-state index contributed by atoms with van der Waals surface area (Å²) in [5.74, 6) is -0.640. The highest BCUT2D eigenvalue weighted by Crippen LogP contribution is 2.49. The van der Waals surface area contributed by atoms with Gasteiger partial charge in [0, 0.05) is 42.4 Å². The molecule has 0 bridgehead atoms. The third-order valence-electron chi connectivity index (χ3n) is 6.27. The molecule has 0 spiro atoms. The Morgan fingerprint density at radius 1 is 1.27 bits per heavy atom. The zero-order valence-corrected chi connectivity index (χ0v) is 19.0. The molecule has 1 saturated heterocycles. The first-order valence-electron chi connectivity index (χ1n) is 10.5. The number of piperidine rings is 1. The molecule has 3 heterocycles. The molecular weight excluding hydrogens is 452 g/mol. The van der Waals surface area contributed by atoms with Crippen LogP contribution >= 0.6 is 11.8 Å². The molecule has 2 N–H and O–H groups in total. The van der Waals surface area contributed by atoms with Gasteiger partial charge in [0.15, 0.2) is 0 Å². The predicted octanol–water partition coefficient (Wildman–Crippen LogP) is 2.63. The van der Waals surface area contributed by atoms with Gasteiger partial charge in [0.2, 0.25) is 5.43 Å². The number of alkyl carbamates (subject to hydrolysis) is 1. The Balaban J connectivity index is 1.45. The molecule has 5 rings (SSSR count). The van der Waals surface area contributed by atoms with Crippen molar-refractivity contribution in [3.05, 3.63) is 38.0 Å². The van der Waals surface area contributed by atoms with Gasteiger partial charge in [-0.1, -0.05) is 11.8 Å². The third-order valence-corrected chi connectivity index (χ3v) is 7.36. The number of nitro benzene ring substituents is 1. The smallest absolute Gasteiger partial charge is 0.407 e. The molecule has 0 radical (unpaired) electrons. The van der Waals surface area contributed by atoms with Crippen LogP contribution in [0, 0.1) is 22.0 Å². The van der Waals surface area contributed by atoms with E-state index in [0.29, 0.717) is 29.5 Å². The summed E-state index contributed by atoms with van der Waals surface area (Å²) < 4.78 is 6.92. The number of nitro groups is 1. The number of thioether (sulfide) groups is 1. The van der Waals surface area contributed by atoms with Crippen molar-refractivity contribution in [2.75, 3.05) is 18.0 Å². The number of amides is 1. The van der Waals surface area contributed by atoms with Crippen molar-refractivity contribution >= 4 is 46.1 Å². The molecular formula is C21H22N4O7S. The monoisotopic (exact) mass is 474 g/mol. The molecule has 1 aromatic heterocycles. The maximum absolute atomic E-state index is 12.9. The summed E-state index contributed by atoms with van der Waals surface area (Å²) in [6.45, 7) is 6.30. The van der Waals surface area contributed by atoms with Crippen molar-refractivity contribution in [1.29, 1.82) is 0 Å². The molecule has 2 unspecified atom stereocenters. The van der Waals surface area contributed by atoms with Crippen LogP contribution in [0.25, 0.3) is 10.9 Å².